The normalized spacial score (nSPS) is 13.4. The van der Waals surface area contributed by atoms with Crippen LogP contribution >= 0.6 is 0 Å². The van der Waals surface area contributed by atoms with Crippen molar-refractivity contribution in [1.29, 1.82) is 0 Å². The van der Waals surface area contributed by atoms with Crippen LogP contribution in [-0.4, -0.2) is 23.9 Å². The van der Waals surface area contributed by atoms with E-state index in [9.17, 15) is 21.6 Å². The summed E-state index contributed by atoms with van der Waals surface area (Å²) >= 11 is 0. The van der Waals surface area contributed by atoms with E-state index in [-0.39, 0.29) is 6.61 Å². The predicted molar refractivity (Wildman–Crippen MR) is 55.8 cm³/mol. The molecule has 0 fully saturated rings. The molecule has 9 heteroatoms. The summed E-state index contributed by atoms with van der Waals surface area (Å²) in [6.07, 6.45) is 0. The highest BCUT2D eigenvalue weighted by atomic mass is 32.2. The van der Waals surface area contributed by atoms with E-state index in [4.69, 9.17) is 4.43 Å². The molecule has 0 amide bonds. The quantitative estimate of drug-likeness (QED) is 0.461. The maximum Gasteiger partial charge on any atom is 0.522 e. The first-order chi connectivity index (χ1) is 7.83. The molecule has 4 nitrogen and oxygen atoms in total. The van der Waals surface area contributed by atoms with E-state index in [0.717, 1.165) is 5.56 Å². The van der Waals surface area contributed by atoms with E-state index in [1.807, 2.05) is 0 Å². The number of rotatable bonds is 5. The molecule has 1 rings (SSSR count). The molecule has 0 aliphatic rings. The molecular formula is C8H9F3O4SSi. The van der Waals surface area contributed by atoms with Gasteiger partial charge in [0.1, 0.15) is 0 Å². The summed E-state index contributed by atoms with van der Waals surface area (Å²) in [5.74, 6) is 0. The molecule has 0 aliphatic heterocycles. The third-order valence-corrected chi connectivity index (χ3v) is 4.25. The molecule has 0 atom stereocenters. The van der Waals surface area contributed by atoms with Gasteiger partial charge in [0.15, 0.2) is 0 Å². The van der Waals surface area contributed by atoms with E-state index < -0.39 is 25.6 Å². The molecule has 0 saturated carbocycles. The van der Waals surface area contributed by atoms with Gasteiger partial charge in [-0.15, -0.1) is 0 Å². The summed E-state index contributed by atoms with van der Waals surface area (Å²) in [4.78, 5) is 0. The summed E-state index contributed by atoms with van der Waals surface area (Å²) in [7, 11) is -7.74. The summed E-state index contributed by atoms with van der Waals surface area (Å²) in [6, 6.07) is 8.63. The van der Waals surface area contributed by atoms with Gasteiger partial charge in [0, 0.05) is 0 Å². The van der Waals surface area contributed by atoms with Crippen LogP contribution in [0, 0.1) is 0 Å². The molecule has 0 aromatic heterocycles. The smallest absolute Gasteiger partial charge is 0.394 e. The van der Waals surface area contributed by atoms with E-state index >= 15 is 0 Å². The lowest BCUT2D eigenvalue weighted by molar-refractivity contribution is -0.0505. The molecule has 1 aromatic rings. The maximum atomic E-state index is 11.8. The molecule has 96 valence electrons. The van der Waals surface area contributed by atoms with Gasteiger partial charge in [-0.1, -0.05) is 30.3 Å². The summed E-state index contributed by atoms with van der Waals surface area (Å²) in [6.45, 7) is 0.0282. The molecule has 1 aromatic carbocycles. The third-order valence-electron chi connectivity index (χ3n) is 1.68. The van der Waals surface area contributed by atoms with Crippen LogP contribution in [0.3, 0.4) is 0 Å². The molecule has 0 N–H and O–H groups in total. The van der Waals surface area contributed by atoms with Crippen LogP contribution < -0.4 is 0 Å². The molecule has 17 heavy (non-hydrogen) atoms. The zero-order chi connectivity index (χ0) is 12.9. The molecule has 0 radical (unpaired) electrons. The Morgan fingerprint density at radius 2 is 1.76 bits per heavy atom. The van der Waals surface area contributed by atoms with Crippen LogP contribution in [-0.2, 0) is 25.0 Å². The molecule has 0 unspecified atom stereocenters. The predicted octanol–water partition coefficient (Wildman–Crippen LogP) is 1.07. The van der Waals surface area contributed by atoms with Crippen LogP contribution in [0.25, 0.3) is 0 Å². The minimum atomic E-state index is -5.52. The lowest BCUT2D eigenvalue weighted by atomic mass is 10.2. The average molecular weight is 286 g/mol. The van der Waals surface area contributed by atoms with Gasteiger partial charge in [-0.2, -0.15) is 21.6 Å². The first kappa shape index (κ1) is 14.2. The molecule has 0 aliphatic carbocycles. The Hall–Kier alpha value is -0.903. The Bertz CT molecular complexity index is 446. The van der Waals surface area contributed by atoms with Gasteiger partial charge in [0.25, 0.3) is 0 Å². The Labute approximate surface area is 98.5 Å². The highest BCUT2D eigenvalue weighted by Gasteiger charge is 2.47. The topological polar surface area (TPSA) is 52.6 Å². The lowest BCUT2D eigenvalue weighted by Gasteiger charge is -2.08. The number of hydrogen-bond donors (Lipinski definition) is 0. The molecular weight excluding hydrogens is 277 g/mol. The Morgan fingerprint density at radius 1 is 1.18 bits per heavy atom. The number of halogens is 3. The highest BCUT2D eigenvalue weighted by molar-refractivity contribution is 7.88. The van der Waals surface area contributed by atoms with Gasteiger partial charge in [-0.3, -0.25) is 3.87 Å². The van der Waals surface area contributed by atoms with Gasteiger partial charge in [-0.25, -0.2) is 0 Å². The maximum absolute atomic E-state index is 11.8. The average Bonchev–Trinajstić information content (AvgIpc) is 2.24. The second-order valence-electron chi connectivity index (χ2n) is 2.97. The van der Waals surface area contributed by atoms with Gasteiger partial charge in [0.05, 0.1) is 6.61 Å². The van der Waals surface area contributed by atoms with Crippen LogP contribution in [0.5, 0.6) is 0 Å². The summed E-state index contributed by atoms with van der Waals surface area (Å²) < 4.78 is 65.0. The lowest BCUT2D eigenvalue weighted by Crippen LogP contribution is -2.27. The fourth-order valence-corrected chi connectivity index (χ4v) is 2.53. The van der Waals surface area contributed by atoms with Gasteiger partial charge >= 0.3 is 25.6 Å². The van der Waals surface area contributed by atoms with Gasteiger partial charge < -0.3 is 4.43 Å². The molecule has 0 saturated heterocycles. The zero-order valence-electron chi connectivity index (χ0n) is 8.48. The largest absolute Gasteiger partial charge is 0.522 e. The standard InChI is InChI=1S/C8H9F3O4SSi/c9-8(10,11)16(12,13)15-17-14-6-7-4-2-1-3-5-7/h1-5H,6,17H2. The van der Waals surface area contributed by atoms with Crippen molar-refractivity contribution in [2.45, 2.75) is 12.1 Å². The van der Waals surface area contributed by atoms with E-state index in [1.165, 1.54) is 0 Å². The minimum Gasteiger partial charge on any atom is -0.394 e. The number of alkyl halides is 3. The number of benzene rings is 1. The summed E-state index contributed by atoms with van der Waals surface area (Å²) in [5, 5.41) is 0. The monoisotopic (exact) mass is 286 g/mol. The van der Waals surface area contributed by atoms with Crippen molar-refractivity contribution >= 4 is 20.1 Å². The van der Waals surface area contributed by atoms with E-state index in [0.29, 0.717) is 0 Å². The molecule has 0 bridgehead atoms. The zero-order valence-corrected chi connectivity index (χ0v) is 10.7. The number of hydrogen-bond acceptors (Lipinski definition) is 4. The van der Waals surface area contributed by atoms with Crippen molar-refractivity contribution in [3.63, 3.8) is 0 Å². The second-order valence-corrected chi connectivity index (χ2v) is 5.93. The van der Waals surface area contributed by atoms with Gasteiger partial charge in [0.2, 0.25) is 0 Å². The van der Waals surface area contributed by atoms with Crippen molar-refractivity contribution in [3.8, 4) is 0 Å². The Morgan fingerprint density at radius 3 is 2.29 bits per heavy atom. The van der Waals surface area contributed by atoms with E-state index in [2.05, 4.69) is 3.87 Å². The van der Waals surface area contributed by atoms with Crippen molar-refractivity contribution in [1.82, 2.24) is 0 Å². The van der Waals surface area contributed by atoms with Crippen molar-refractivity contribution in [2.24, 2.45) is 0 Å². The first-order valence-electron chi connectivity index (χ1n) is 4.40. The summed E-state index contributed by atoms with van der Waals surface area (Å²) in [5.41, 5.74) is -4.66. The molecule has 0 heterocycles. The van der Waals surface area contributed by atoms with Crippen LogP contribution in [0.4, 0.5) is 13.2 Å². The van der Waals surface area contributed by atoms with Crippen molar-refractivity contribution in [2.75, 3.05) is 0 Å². The van der Waals surface area contributed by atoms with Gasteiger partial charge in [-0.05, 0) is 5.56 Å². The second kappa shape index (κ2) is 5.62. The third kappa shape index (κ3) is 4.46. The van der Waals surface area contributed by atoms with E-state index in [1.54, 1.807) is 30.3 Å². The Balaban J connectivity index is 2.35. The molecule has 0 spiro atoms. The first-order valence-corrected chi connectivity index (χ1v) is 6.96. The Kier molecular flexibility index (Phi) is 4.68. The fraction of sp³-hybridized carbons (Fsp3) is 0.250. The fourth-order valence-electron chi connectivity index (χ4n) is 0.898. The minimum absolute atomic E-state index is 0.0282. The van der Waals surface area contributed by atoms with Crippen molar-refractivity contribution < 1.29 is 29.9 Å². The van der Waals surface area contributed by atoms with Crippen molar-refractivity contribution in [3.05, 3.63) is 35.9 Å². The van der Waals surface area contributed by atoms with Crippen LogP contribution in [0.1, 0.15) is 5.56 Å². The van der Waals surface area contributed by atoms with Crippen LogP contribution in [0.2, 0.25) is 0 Å². The highest BCUT2D eigenvalue weighted by Crippen LogP contribution is 2.24. The van der Waals surface area contributed by atoms with Crippen LogP contribution in [0.15, 0.2) is 30.3 Å². The SMILES string of the molecule is O=S(=O)(O[SiH2]OCc1ccccc1)C(F)(F)F.